The molecule has 2 aliphatic rings. The molecular formula is C24H25Cl2NO4. The molecule has 0 atom stereocenters. The van der Waals surface area contributed by atoms with Gasteiger partial charge in [0.1, 0.15) is 17.1 Å². The van der Waals surface area contributed by atoms with E-state index in [2.05, 4.69) is 0 Å². The minimum atomic E-state index is -1.03. The van der Waals surface area contributed by atoms with Crippen molar-refractivity contribution in [1.29, 1.82) is 0 Å². The number of ether oxygens (including phenoxy) is 2. The van der Waals surface area contributed by atoms with E-state index in [1.807, 2.05) is 13.0 Å². The summed E-state index contributed by atoms with van der Waals surface area (Å²) in [5.74, 6) is 1.15. The fraction of sp³-hybridized carbons (Fsp3) is 0.417. The van der Waals surface area contributed by atoms with Crippen molar-refractivity contribution in [2.75, 3.05) is 13.1 Å². The summed E-state index contributed by atoms with van der Waals surface area (Å²) in [4.78, 5) is 27.8. The molecule has 0 aliphatic carbocycles. The molecule has 5 nitrogen and oxygen atoms in total. The fourth-order valence-electron chi connectivity index (χ4n) is 4.33. The van der Waals surface area contributed by atoms with Gasteiger partial charge in [-0.1, -0.05) is 23.2 Å². The van der Waals surface area contributed by atoms with E-state index in [9.17, 15) is 9.59 Å². The van der Waals surface area contributed by atoms with Crippen LogP contribution in [0.2, 0.25) is 10.0 Å². The minimum Gasteiger partial charge on any atom is -0.486 e. The third-order valence-electron chi connectivity index (χ3n) is 6.00. The number of hydrogen-bond acceptors (Lipinski definition) is 4. The second-order valence-electron chi connectivity index (χ2n) is 8.84. The number of benzene rings is 2. The number of likely N-dealkylation sites (tertiary alicyclic amines) is 1. The van der Waals surface area contributed by atoms with Crippen molar-refractivity contribution in [2.24, 2.45) is 0 Å². The average molecular weight is 462 g/mol. The van der Waals surface area contributed by atoms with E-state index in [0.717, 1.165) is 5.56 Å². The van der Waals surface area contributed by atoms with E-state index in [1.54, 1.807) is 49.1 Å². The first kappa shape index (κ1) is 22.0. The summed E-state index contributed by atoms with van der Waals surface area (Å²) >= 11 is 12.0. The maximum Gasteiger partial charge on any atom is 0.266 e. The van der Waals surface area contributed by atoms with E-state index >= 15 is 0 Å². The van der Waals surface area contributed by atoms with Crippen molar-refractivity contribution in [3.8, 4) is 11.5 Å². The highest BCUT2D eigenvalue weighted by Gasteiger charge is 2.46. The zero-order valence-electron chi connectivity index (χ0n) is 17.8. The second kappa shape index (κ2) is 8.03. The second-order valence-corrected chi connectivity index (χ2v) is 9.72. The Labute approximate surface area is 192 Å². The van der Waals surface area contributed by atoms with Crippen LogP contribution >= 0.6 is 23.2 Å². The van der Waals surface area contributed by atoms with Crippen LogP contribution in [-0.2, 0) is 4.79 Å². The van der Waals surface area contributed by atoms with Gasteiger partial charge in [-0.2, -0.15) is 0 Å². The molecule has 31 heavy (non-hydrogen) atoms. The van der Waals surface area contributed by atoms with Gasteiger partial charge in [0, 0.05) is 36.0 Å². The molecule has 2 heterocycles. The van der Waals surface area contributed by atoms with Crippen molar-refractivity contribution in [2.45, 2.75) is 51.2 Å². The largest absolute Gasteiger partial charge is 0.486 e. The van der Waals surface area contributed by atoms with Crippen molar-refractivity contribution in [3.63, 3.8) is 0 Å². The SMILES string of the molecule is Cc1cc(Cl)cc2c1OC1(CCN(C(=O)C(C)(C)Oc3ccc(Cl)cc3)CC1)CC2=O. The highest BCUT2D eigenvalue weighted by atomic mass is 35.5. The van der Waals surface area contributed by atoms with Gasteiger partial charge in [0.15, 0.2) is 11.4 Å². The van der Waals surface area contributed by atoms with Gasteiger partial charge in [-0.3, -0.25) is 9.59 Å². The number of piperidine rings is 1. The summed E-state index contributed by atoms with van der Waals surface area (Å²) in [6, 6.07) is 10.4. The Balaban J connectivity index is 1.45. The molecule has 1 saturated heterocycles. The molecule has 1 amide bonds. The Bertz CT molecular complexity index is 1020. The minimum absolute atomic E-state index is 0.0398. The first-order chi connectivity index (χ1) is 14.6. The molecule has 0 saturated carbocycles. The van der Waals surface area contributed by atoms with Gasteiger partial charge >= 0.3 is 0 Å². The molecule has 0 N–H and O–H groups in total. The van der Waals surface area contributed by atoms with Gasteiger partial charge < -0.3 is 14.4 Å². The first-order valence-electron chi connectivity index (χ1n) is 10.3. The summed E-state index contributed by atoms with van der Waals surface area (Å²) in [5.41, 5.74) is -0.208. The zero-order valence-corrected chi connectivity index (χ0v) is 19.3. The number of fused-ring (bicyclic) bond motifs is 1. The molecule has 164 valence electrons. The Morgan fingerprint density at radius 3 is 2.39 bits per heavy atom. The zero-order chi connectivity index (χ0) is 22.4. The summed E-state index contributed by atoms with van der Waals surface area (Å²) in [7, 11) is 0. The van der Waals surface area contributed by atoms with Gasteiger partial charge in [-0.05, 0) is 62.7 Å². The number of aryl methyl sites for hydroxylation is 1. The molecule has 2 aliphatic heterocycles. The molecule has 0 bridgehead atoms. The number of nitrogens with zero attached hydrogens (tertiary/aromatic N) is 1. The lowest BCUT2D eigenvalue weighted by Crippen LogP contribution is -2.56. The van der Waals surface area contributed by atoms with Crippen LogP contribution < -0.4 is 9.47 Å². The van der Waals surface area contributed by atoms with Crippen LogP contribution in [0.1, 0.15) is 49.0 Å². The van der Waals surface area contributed by atoms with Crippen LogP contribution in [0.3, 0.4) is 0 Å². The van der Waals surface area contributed by atoms with Crippen LogP contribution in [0.15, 0.2) is 36.4 Å². The monoisotopic (exact) mass is 461 g/mol. The number of rotatable bonds is 3. The first-order valence-corrected chi connectivity index (χ1v) is 11.1. The summed E-state index contributed by atoms with van der Waals surface area (Å²) in [6.07, 6.45) is 1.47. The van der Waals surface area contributed by atoms with Gasteiger partial charge in [-0.25, -0.2) is 0 Å². The average Bonchev–Trinajstić information content (AvgIpc) is 2.71. The molecule has 1 fully saturated rings. The van der Waals surface area contributed by atoms with Crippen molar-refractivity contribution in [1.82, 2.24) is 4.90 Å². The van der Waals surface area contributed by atoms with Crippen LogP contribution in [0.4, 0.5) is 0 Å². The van der Waals surface area contributed by atoms with E-state index in [-0.39, 0.29) is 11.7 Å². The summed E-state index contributed by atoms with van der Waals surface area (Å²) in [5, 5.41) is 1.14. The standard InChI is InChI=1S/C24H25Cl2NO4/c1-15-12-17(26)13-19-20(28)14-24(31-21(15)19)8-10-27(11-9-24)22(29)23(2,3)30-18-6-4-16(25)5-7-18/h4-7,12-13H,8-11,14H2,1-3H3. The number of Topliss-reactive ketones (excluding diaryl/α,β-unsaturated/α-hetero) is 1. The van der Waals surface area contributed by atoms with Crippen LogP contribution in [0.5, 0.6) is 11.5 Å². The predicted octanol–water partition coefficient (Wildman–Crippen LogP) is 5.49. The van der Waals surface area contributed by atoms with Crippen molar-refractivity contribution in [3.05, 3.63) is 57.6 Å². The number of carbonyl (C=O) groups excluding carboxylic acids is 2. The topological polar surface area (TPSA) is 55.8 Å². The quantitative estimate of drug-likeness (QED) is 0.606. The lowest BCUT2D eigenvalue weighted by atomic mass is 9.81. The Morgan fingerprint density at radius 2 is 1.74 bits per heavy atom. The van der Waals surface area contributed by atoms with Crippen molar-refractivity contribution < 1.29 is 19.1 Å². The van der Waals surface area contributed by atoms with Crippen LogP contribution in [0.25, 0.3) is 0 Å². The van der Waals surface area contributed by atoms with E-state index in [0.29, 0.717) is 59.5 Å². The fourth-order valence-corrected chi connectivity index (χ4v) is 4.73. The number of hydrogen-bond donors (Lipinski definition) is 0. The van der Waals surface area contributed by atoms with E-state index in [1.165, 1.54) is 0 Å². The number of ketones is 1. The van der Waals surface area contributed by atoms with Crippen LogP contribution in [0, 0.1) is 6.92 Å². The number of amides is 1. The maximum absolute atomic E-state index is 13.2. The lowest BCUT2D eigenvalue weighted by Gasteiger charge is -2.45. The molecule has 0 aromatic heterocycles. The number of carbonyl (C=O) groups is 2. The highest BCUT2D eigenvalue weighted by molar-refractivity contribution is 6.31. The molecule has 0 radical (unpaired) electrons. The highest BCUT2D eigenvalue weighted by Crippen LogP contribution is 2.42. The Kier molecular flexibility index (Phi) is 5.69. The van der Waals surface area contributed by atoms with Crippen molar-refractivity contribution >= 4 is 34.9 Å². The third kappa shape index (κ3) is 4.39. The maximum atomic E-state index is 13.2. The molecule has 2 aromatic carbocycles. The van der Waals surface area contributed by atoms with Gasteiger partial charge in [0.2, 0.25) is 0 Å². The predicted molar refractivity (Wildman–Crippen MR) is 120 cm³/mol. The van der Waals surface area contributed by atoms with Gasteiger partial charge in [-0.15, -0.1) is 0 Å². The van der Waals surface area contributed by atoms with E-state index < -0.39 is 11.2 Å². The molecule has 0 unspecified atom stereocenters. The lowest BCUT2D eigenvalue weighted by molar-refractivity contribution is -0.149. The Hall–Kier alpha value is -2.24. The van der Waals surface area contributed by atoms with Gasteiger partial charge in [0.05, 0.1) is 12.0 Å². The molecule has 1 spiro atoms. The smallest absolute Gasteiger partial charge is 0.266 e. The molecule has 7 heteroatoms. The Morgan fingerprint density at radius 1 is 1.10 bits per heavy atom. The molecule has 2 aromatic rings. The third-order valence-corrected chi connectivity index (χ3v) is 6.47. The van der Waals surface area contributed by atoms with Gasteiger partial charge in [0.25, 0.3) is 5.91 Å². The normalized spacial score (nSPS) is 17.8. The number of halogens is 2. The summed E-state index contributed by atoms with van der Waals surface area (Å²) < 4.78 is 12.3. The molecule has 4 rings (SSSR count). The van der Waals surface area contributed by atoms with Crippen LogP contribution in [-0.4, -0.2) is 40.9 Å². The molecular weight excluding hydrogens is 437 g/mol. The van der Waals surface area contributed by atoms with E-state index in [4.69, 9.17) is 32.7 Å². The summed E-state index contributed by atoms with van der Waals surface area (Å²) in [6.45, 7) is 6.42.